The standard InChI is InChI=1S/C13H13ClN4OS/c1-7-2-3-9(5-10(7)14)18-6-8(4-11(18)19)12-16-17-13(15)20-12/h2-3,5,8H,4,6H2,1H3,(H2,15,17)/t8-/m1/s1. The van der Waals surface area contributed by atoms with Gasteiger partial charge in [-0.1, -0.05) is 29.0 Å². The summed E-state index contributed by atoms with van der Waals surface area (Å²) in [6.07, 6.45) is 0.431. The zero-order chi connectivity index (χ0) is 14.3. The lowest BCUT2D eigenvalue weighted by Crippen LogP contribution is -2.24. The highest BCUT2D eigenvalue weighted by atomic mass is 35.5. The Bertz CT molecular complexity index is 672. The molecule has 1 saturated heterocycles. The molecule has 1 aliphatic heterocycles. The minimum absolute atomic E-state index is 0.0531. The van der Waals surface area contributed by atoms with E-state index in [2.05, 4.69) is 10.2 Å². The van der Waals surface area contributed by atoms with Crippen molar-refractivity contribution in [2.75, 3.05) is 17.2 Å². The third kappa shape index (κ3) is 2.36. The maximum absolute atomic E-state index is 12.2. The summed E-state index contributed by atoms with van der Waals surface area (Å²) in [5.41, 5.74) is 7.41. The van der Waals surface area contributed by atoms with Crippen molar-refractivity contribution in [3.8, 4) is 0 Å². The summed E-state index contributed by atoms with van der Waals surface area (Å²) >= 11 is 7.46. The number of nitrogens with two attached hydrogens (primary N) is 1. The summed E-state index contributed by atoms with van der Waals surface area (Å²) in [6.45, 7) is 2.53. The molecule has 3 rings (SSSR count). The number of anilines is 2. The van der Waals surface area contributed by atoms with Gasteiger partial charge in [-0.25, -0.2) is 0 Å². The minimum atomic E-state index is 0.0531. The lowest BCUT2D eigenvalue weighted by molar-refractivity contribution is -0.117. The molecule has 0 spiro atoms. The summed E-state index contributed by atoms with van der Waals surface area (Å²) in [5, 5.41) is 9.75. The van der Waals surface area contributed by atoms with E-state index in [-0.39, 0.29) is 11.8 Å². The molecule has 1 aromatic carbocycles. The zero-order valence-corrected chi connectivity index (χ0v) is 12.4. The van der Waals surface area contributed by atoms with Crippen molar-refractivity contribution >= 4 is 39.7 Å². The van der Waals surface area contributed by atoms with Crippen LogP contribution in [0.4, 0.5) is 10.8 Å². The van der Waals surface area contributed by atoms with Crippen molar-refractivity contribution in [1.29, 1.82) is 0 Å². The van der Waals surface area contributed by atoms with E-state index in [0.717, 1.165) is 16.3 Å². The molecule has 0 aliphatic carbocycles. The molecule has 1 amide bonds. The van der Waals surface area contributed by atoms with Crippen LogP contribution in [0.5, 0.6) is 0 Å². The first kappa shape index (κ1) is 13.3. The number of aromatic nitrogens is 2. The molecule has 2 heterocycles. The molecule has 2 N–H and O–H groups in total. The molecule has 1 aliphatic rings. The minimum Gasteiger partial charge on any atom is -0.374 e. The smallest absolute Gasteiger partial charge is 0.227 e. The highest BCUT2D eigenvalue weighted by Crippen LogP contribution is 2.34. The van der Waals surface area contributed by atoms with Crippen molar-refractivity contribution in [1.82, 2.24) is 10.2 Å². The quantitative estimate of drug-likeness (QED) is 0.925. The number of hydrogen-bond donors (Lipinski definition) is 1. The van der Waals surface area contributed by atoms with E-state index >= 15 is 0 Å². The molecule has 2 aromatic rings. The van der Waals surface area contributed by atoms with Crippen molar-refractivity contribution in [2.24, 2.45) is 0 Å². The van der Waals surface area contributed by atoms with Gasteiger partial charge < -0.3 is 10.6 Å². The Morgan fingerprint density at radius 1 is 1.45 bits per heavy atom. The second kappa shape index (κ2) is 5.03. The van der Waals surface area contributed by atoms with Gasteiger partial charge in [-0.15, -0.1) is 10.2 Å². The third-order valence-electron chi connectivity index (χ3n) is 3.40. The summed E-state index contributed by atoms with van der Waals surface area (Å²) in [5.74, 6) is 0.126. The normalized spacial score (nSPS) is 18.8. The highest BCUT2D eigenvalue weighted by molar-refractivity contribution is 7.15. The maximum Gasteiger partial charge on any atom is 0.227 e. The second-order valence-electron chi connectivity index (χ2n) is 4.82. The Kier molecular flexibility index (Phi) is 3.35. The van der Waals surface area contributed by atoms with Crippen LogP contribution in [0.15, 0.2) is 18.2 Å². The molecule has 0 unspecified atom stereocenters. The third-order valence-corrected chi connectivity index (χ3v) is 4.72. The van der Waals surface area contributed by atoms with Crippen LogP contribution in [0.3, 0.4) is 0 Å². The number of halogens is 1. The fourth-order valence-electron chi connectivity index (χ4n) is 2.28. The van der Waals surface area contributed by atoms with Gasteiger partial charge in [0.25, 0.3) is 0 Å². The summed E-state index contributed by atoms with van der Waals surface area (Å²) < 4.78 is 0. The molecule has 1 fully saturated rings. The van der Waals surface area contributed by atoms with E-state index < -0.39 is 0 Å². The molecule has 0 radical (unpaired) electrons. The Hall–Kier alpha value is -1.66. The number of amides is 1. The Labute approximate surface area is 125 Å². The number of aryl methyl sites for hydroxylation is 1. The number of carbonyl (C=O) groups is 1. The molecule has 7 heteroatoms. The largest absolute Gasteiger partial charge is 0.374 e. The molecular weight excluding hydrogens is 296 g/mol. The number of nitrogens with zero attached hydrogens (tertiary/aromatic N) is 3. The lowest BCUT2D eigenvalue weighted by atomic mass is 10.1. The number of hydrogen-bond acceptors (Lipinski definition) is 5. The molecule has 1 aromatic heterocycles. The molecule has 104 valence electrons. The highest BCUT2D eigenvalue weighted by Gasteiger charge is 2.33. The molecule has 5 nitrogen and oxygen atoms in total. The topological polar surface area (TPSA) is 72.1 Å². The first-order chi connectivity index (χ1) is 9.54. The van der Waals surface area contributed by atoms with Crippen LogP contribution in [0.1, 0.15) is 22.9 Å². The summed E-state index contributed by atoms with van der Waals surface area (Å²) in [7, 11) is 0. The SMILES string of the molecule is Cc1ccc(N2C[C@H](c3nnc(N)s3)CC2=O)cc1Cl. The number of benzene rings is 1. The first-order valence-electron chi connectivity index (χ1n) is 6.20. The maximum atomic E-state index is 12.2. The average molecular weight is 309 g/mol. The molecule has 20 heavy (non-hydrogen) atoms. The van der Waals surface area contributed by atoms with Crippen LogP contribution in [0, 0.1) is 6.92 Å². The first-order valence-corrected chi connectivity index (χ1v) is 7.39. The van der Waals surface area contributed by atoms with E-state index in [1.807, 2.05) is 25.1 Å². The summed E-state index contributed by atoms with van der Waals surface area (Å²) in [6, 6.07) is 5.66. The van der Waals surface area contributed by atoms with E-state index in [0.29, 0.717) is 23.1 Å². The van der Waals surface area contributed by atoms with E-state index in [9.17, 15) is 4.79 Å². The van der Waals surface area contributed by atoms with E-state index in [1.54, 1.807) is 4.90 Å². The fraction of sp³-hybridized carbons (Fsp3) is 0.308. The predicted octanol–water partition coefficient (Wildman–Crippen LogP) is 2.60. The predicted molar refractivity (Wildman–Crippen MR) is 80.2 cm³/mol. The van der Waals surface area contributed by atoms with Gasteiger partial charge in [0.15, 0.2) is 0 Å². The van der Waals surface area contributed by atoms with Crippen LogP contribution in [0.2, 0.25) is 5.02 Å². The second-order valence-corrected chi connectivity index (χ2v) is 6.27. The van der Waals surface area contributed by atoms with Crippen LogP contribution in [-0.2, 0) is 4.79 Å². The van der Waals surface area contributed by atoms with Gasteiger partial charge in [0.05, 0.1) is 0 Å². The molecule has 0 saturated carbocycles. The fourth-order valence-corrected chi connectivity index (χ4v) is 3.16. The molecule has 0 bridgehead atoms. The van der Waals surface area contributed by atoms with Crippen molar-refractivity contribution in [2.45, 2.75) is 19.3 Å². The van der Waals surface area contributed by atoms with Gasteiger partial charge in [0, 0.05) is 29.6 Å². The summed E-state index contributed by atoms with van der Waals surface area (Å²) in [4.78, 5) is 13.9. The van der Waals surface area contributed by atoms with Gasteiger partial charge in [-0.05, 0) is 24.6 Å². The van der Waals surface area contributed by atoms with Gasteiger partial charge >= 0.3 is 0 Å². The van der Waals surface area contributed by atoms with Crippen molar-refractivity contribution in [3.05, 3.63) is 33.8 Å². The van der Waals surface area contributed by atoms with Crippen molar-refractivity contribution in [3.63, 3.8) is 0 Å². The van der Waals surface area contributed by atoms with Gasteiger partial charge in [0.1, 0.15) is 5.01 Å². The van der Waals surface area contributed by atoms with Crippen LogP contribution in [0.25, 0.3) is 0 Å². The molecular formula is C13H13ClN4OS. The van der Waals surface area contributed by atoms with E-state index in [4.69, 9.17) is 17.3 Å². The monoisotopic (exact) mass is 308 g/mol. The van der Waals surface area contributed by atoms with Crippen molar-refractivity contribution < 1.29 is 4.79 Å². The Morgan fingerprint density at radius 3 is 2.90 bits per heavy atom. The van der Waals surface area contributed by atoms with Gasteiger partial charge in [-0.2, -0.15) is 0 Å². The lowest BCUT2D eigenvalue weighted by Gasteiger charge is -2.17. The zero-order valence-electron chi connectivity index (χ0n) is 10.8. The van der Waals surface area contributed by atoms with Gasteiger partial charge in [0.2, 0.25) is 11.0 Å². The number of rotatable bonds is 2. The number of carbonyl (C=O) groups excluding carboxylic acids is 1. The Balaban J connectivity index is 1.85. The average Bonchev–Trinajstić information content (AvgIpc) is 2.99. The number of nitrogen functional groups attached to an aromatic ring is 1. The Morgan fingerprint density at radius 2 is 2.25 bits per heavy atom. The van der Waals surface area contributed by atoms with Crippen LogP contribution in [-0.4, -0.2) is 22.6 Å². The van der Waals surface area contributed by atoms with E-state index in [1.165, 1.54) is 11.3 Å². The van der Waals surface area contributed by atoms with Crippen LogP contribution < -0.4 is 10.6 Å². The van der Waals surface area contributed by atoms with Gasteiger partial charge in [-0.3, -0.25) is 4.79 Å². The molecule has 1 atom stereocenters. The van der Waals surface area contributed by atoms with Crippen LogP contribution >= 0.6 is 22.9 Å².